The first kappa shape index (κ1) is 22.3. The van der Waals surface area contributed by atoms with E-state index in [2.05, 4.69) is 15.8 Å². The highest BCUT2D eigenvalue weighted by Gasteiger charge is 2.36. The van der Waals surface area contributed by atoms with Crippen LogP contribution in [0.1, 0.15) is 24.3 Å². The van der Waals surface area contributed by atoms with Crippen molar-refractivity contribution < 1.29 is 18.8 Å². The van der Waals surface area contributed by atoms with Gasteiger partial charge in [0.15, 0.2) is 10.9 Å². The van der Waals surface area contributed by atoms with Crippen molar-refractivity contribution in [3.63, 3.8) is 0 Å². The van der Waals surface area contributed by atoms with Gasteiger partial charge in [0.25, 0.3) is 5.91 Å². The molecule has 1 atom stereocenters. The second-order valence-electron chi connectivity index (χ2n) is 7.43. The van der Waals surface area contributed by atoms with Crippen LogP contribution in [0.5, 0.6) is 11.5 Å². The molecular formula is C24H24N4O4S. The normalized spacial score (nSPS) is 15.8. The van der Waals surface area contributed by atoms with Crippen LogP contribution in [0.2, 0.25) is 0 Å². The standard InChI is InChI=1S/C24H24N4O4S/c1-14-13-20(27-32-14)25-23(29)21-15(2)28(16-9-11-17(30-3)12-10-16)24(33)26-22(21)18-7-5-6-8-19(18)31-4/h5-13,22H,1-4H3,(H,26,33)(H,25,27,29)/t22-/m0/s1. The minimum Gasteiger partial charge on any atom is -0.497 e. The predicted molar refractivity (Wildman–Crippen MR) is 130 cm³/mol. The van der Waals surface area contributed by atoms with Gasteiger partial charge in [-0.1, -0.05) is 23.4 Å². The summed E-state index contributed by atoms with van der Waals surface area (Å²) < 4.78 is 15.9. The fourth-order valence-corrected chi connectivity index (χ4v) is 4.19. The molecule has 4 rings (SSSR count). The van der Waals surface area contributed by atoms with Gasteiger partial charge in [-0.3, -0.25) is 9.69 Å². The Balaban J connectivity index is 1.82. The maximum Gasteiger partial charge on any atom is 0.257 e. The fourth-order valence-electron chi connectivity index (χ4n) is 3.83. The Kier molecular flexibility index (Phi) is 6.32. The lowest BCUT2D eigenvalue weighted by Crippen LogP contribution is -2.48. The summed E-state index contributed by atoms with van der Waals surface area (Å²) in [7, 11) is 3.21. The van der Waals surface area contributed by atoms with Crippen LogP contribution in [0.25, 0.3) is 0 Å². The zero-order valence-electron chi connectivity index (χ0n) is 18.7. The van der Waals surface area contributed by atoms with Gasteiger partial charge in [0.2, 0.25) is 0 Å². The van der Waals surface area contributed by atoms with Crippen molar-refractivity contribution in [1.29, 1.82) is 0 Å². The number of hydrogen-bond donors (Lipinski definition) is 2. The number of carbonyl (C=O) groups excluding carboxylic acids is 1. The molecule has 3 aromatic rings. The molecule has 2 N–H and O–H groups in total. The summed E-state index contributed by atoms with van der Waals surface area (Å²) in [4.78, 5) is 15.4. The van der Waals surface area contributed by atoms with Gasteiger partial charge in [0, 0.05) is 23.0 Å². The van der Waals surface area contributed by atoms with Crippen molar-refractivity contribution in [2.45, 2.75) is 19.9 Å². The zero-order valence-corrected chi connectivity index (χ0v) is 19.5. The number of thiocarbonyl (C=S) groups is 1. The number of hydrogen-bond acceptors (Lipinski definition) is 6. The van der Waals surface area contributed by atoms with E-state index in [4.69, 9.17) is 26.2 Å². The van der Waals surface area contributed by atoms with Gasteiger partial charge in [-0.2, -0.15) is 0 Å². The Labute approximate surface area is 197 Å². The average Bonchev–Trinajstić information content (AvgIpc) is 3.23. The molecule has 33 heavy (non-hydrogen) atoms. The summed E-state index contributed by atoms with van der Waals surface area (Å²) in [6, 6.07) is 16.1. The van der Waals surface area contributed by atoms with Crippen LogP contribution in [0.4, 0.5) is 11.5 Å². The number of carbonyl (C=O) groups is 1. The monoisotopic (exact) mass is 464 g/mol. The molecule has 1 aliphatic rings. The predicted octanol–water partition coefficient (Wildman–Crippen LogP) is 4.35. The molecule has 0 unspecified atom stereocenters. The second kappa shape index (κ2) is 9.33. The molecule has 2 aromatic carbocycles. The Morgan fingerprint density at radius 1 is 1.12 bits per heavy atom. The quantitative estimate of drug-likeness (QED) is 0.521. The number of para-hydroxylation sites is 1. The van der Waals surface area contributed by atoms with Crippen LogP contribution < -0.4 is 25.0 Å². The summed E-state index contributed by atoms with van der Waals surface area (Å²) in [5.41, 5.74) is 2.74. The maximum absolute atomic E-state index is 13.5. The minimum atomic E-state index is -0.531. The van der Waals surface area contributed by atoms with Crippen LogP contribution in [0.15, 0.2) is 70.4 Å². The van der Waals surface area contributed by atoms with Gasteiger partial charge in [-0.05, 0) is 56.4 Å². The van der Waals surface area contributed by atoms with Crippen molar-refractivity contribution in [2.75, 3.05) is 24.4 Å². The van der Waals surface area contributed by atoms with Gasteiger partial charge in [-0.15, -0.1) is 0 Å². The van der Waals surface area contributed by atoms with E-state index in [1.807, 2.05) is 60.4 Å². The zero-order chi connectivity index (χ0) is 23.5. The van der Waals surface area contributed by atoms with Gasteiger partial charge in [0.05, 0.1) is 25.8 Å². The van der Waals surface area contributed by atoms with Gasteiger partial charge < -0.3 is 24.6 Å². The molecular weight excluding hydrogens is 440 g/mol. The van der Waals surface area contributed by atoms with Crippen LogP contribution in [0.3, 0.4) is 0 Å². The molecule has 0 spiro atoms. The van der Waals surface area contributed by atoms with Crippen molar-refractivity contribution in [3.8, 4) is 11.5 Å². The van der Waals surface area contributed by atoms with E-state index in [1.165, 1.54) is 0 Å². The molecule has 0 radical (unpaired) electrons. The van der Waals surface area contributed by atoms with E-state index in [-0.39, 0.29) is 5.91 Å². The number of anilines is 2. The Morgan fingerprint density at radius 3 is 2.48 bits per heavy atom. The molecule has 9 heteroatoms. The molecule has 1 aliphatic heterocycles. The van der Waals surface area contributed by atoms with Crippen LogP contribution in [-0.2, 0) is 4.79 Å². The number of nitrogens with one attached hydrogen (secondary N) is 2. The van der Waals surface area contributed by atoms with Crippen molar-refractivity contribution in [3.05, 3.63) is 77.2 Å². The Hall–Kier alpha value is -3.85. The SMILES string of the molecule is COc1ccc(N2C(=S)N[C@@H](c3ccccc3OC)C(C(=O)Nc3cc(C)on3)=C2C)cc1. The van der Waals surface area contributed by atoms with Crippen LogP contribution in [0, 0.1) is 6.92 Å². The summed E-state index contributed by atoms with van der Waals surface area (Å²) in [5, 5.41) is 10.5. The largest absolute Gasteiger partial charge is 0.497 e. The number of amides is 1. The molecule has 0 bridgehead atoms. The van der Waals surface area contributed by atoms with E-state index in [0.29, 0.717) is 33.7 Å². The minimum absolute atomic E-state index is 0.329. The van der Waals surface area contributed by atoms with Gasteiger partial charge >= 0.3 is 0 Å². The summed E-state index contributed by atoms with van der Waals surface area (Å²) in [6.07, 6.45) is 0. The number of methoxy groups -OCH3 is 2. The molecule has 1 aromatic heterocycles. The maximum atomic E-state index is 13.5. The van der Waals surface area contributed by atoms with Gasteiger partial charge in [-0.25, -0.2) is 0 Å². The lowest BCUT2D eigenvalue weighted by Gasteiger charge is -2.38. The smallest absolute Gasteiger partial charge is 0.257 e. The second-order valence-corrected chi connectivity index (χ2v) is 7.82. The first-order chi connectivity index (χ1) is 15.9. The molecule has 0 fully saturated rings. The Bertz CT molecular complexity index is 1220. The van der Waals surface area contributed by atoms with E-state index in [0.717, 1.165) is 17.0 Å². The molecule has 8 nitrogen and oxygen atoms in total. The van der Waals surface area contributed by atoms with E-state index < -0.39 is 6.04 Å². The van der Waals surface area contributed by atoms with E-state index in [1.54, 1.807) is 27.2 Å². The first-order valence-corrected chi connectivity index (χ1v) is 10.7. The molecule has 2 heterocycles. The summed E-state index contributed by atoms with van der Waals surface area (Å²) in [5.74, 6) is 1.97. The third-order valence-corrected chi connectivity index (χ3v) is 5.68. The lowest BCUT2D eigenvalue weighted by molar-refractivity contribution is -0.113. The van der Waals surface area contributed by atoms with Crippen molar-refractivity contribution >= 4 is 34.7 Å². The first-order valence-electron chi connectivity index (χ1n) is 10.3. The molecule has 0 saturated carbocycles. The van der Waals surface area contributed by atoms with Gasteiger partial charge in [0.1, 0.15) is 17.3 Å². The van der Waals surface area contributed by atoms with E-state index >= 15 is 0 Å². The Morgan fingerprint density at radius 2 is 1.85 bits per heavy atom. The van der Waals surface area contributed by atoms with Crippen molar-refractivity contribution in [1.82, 2.24) is 10.5 Å². The van der Waals surface area contributed by atoms with Crippen LogP contribution in [-0.4, -0.2) is 30.4 Å². The molecule has 1 amide bonds. The molecule has 0 saturated heterocycles. The highest BCUT2D eigenvalue weighted by Crippen LogP contribution is 2.37. The fraction of sp³-hybridized carbons (Fsp3) is 0.208. The number of nitrogens with zero attached hydrogens (tertiary/aromatic N) is 2. The number of aryl methyl sites for hydroxylation is 1. The number of ether oxygens (including phenoxy) is 2. The lowest BCUT2D eigenvalue weighted by atomic mass is 9.93. The third-order valence-electron chi connectivity index (χ3n) is 5.38. The molecule has 0 aliphatic carbocycles. The summed E-state index contributed by atoms with van der Waals surface area (Å²) >= 11 is 5.73. The molecule has 170 valence electrons. The number of rotatable bonds is 6. The topological polar surface area (TPSA) is 88.9 Å². The number of allylic oxidation sites excluding steroid dienone is 1. The highest BCUT2D eigenvalue weighted by molar-refractivity contribution is 7.80. The summed E-state index contributed by atoms with van der Waals surface area (Å²) in [6.45, 7) is 3.62. The van der Waals surface area contributed by atoms with E-state index in [9.17, 15) is 4.79 Å². The number of benzene rings is 2. The van der Waals surface area contributed by atoms with Crippen molar-refractivity contribution in [2.24, 2.45) is 0 Å². The highest BCUT2D eigenvalue weighted by atomic mass is 32.1. The number of aromatic nitrogens is 1. The third kappa shape index (κ3) is 4.40. The average molecular weight is 465 g/mol. The van der Waals surface area contributed by atoms with Crippen LogP contribution >= 0.6 is 12.2 Å².